The number of amides is 2. The van der Waals surface area contributed by atoms with Gasteiger partial charge < -0.3 is 19.3 Å². The predicted molar refractivity (Wildman–Crippen MR) is 123 cm³/mol. The van der Waals surface area contributed by atoms with Crippen LogP contribution < -0.4 is 0 Å². The molecule has 0 aliphatic carbocycles. The van der Waals surface area contributed by atoms with Gasteiger partial charge in [0.1, 0.15) is 0 Å². The Balaban J connectivity index is 1.42. The smallest absolute Gasteiger partial charge is 0.254 e. The highest BCUT2D eigenvalue weighted by Crippen LogP contribution is 2.18. The molecule has 2 atom stereocenters. The minimum absolute atomic E-state index is 0.0256. The van der Waals surface area contributed by atoms with Crippen molar-refractivity contribution in [2.75, 3.05) is 39.4 Å². The zero-order valence-electron chi connectivity index (χ0n) is 18.7. The van der Waals surface area contributed by atoms with Gasteiger partial charge >= 0.3 is 0 Å². The van der Waals surface area contributed by atoms with Crippen molar-refractivity contribution in [1.29, 1.82) is 0 Å². The van der Waals surface area contributed by atoms with Crippen LogP contribution in [0, 0.1) is 6.92 Å². The van der Waals surface area contributed by atoms with Gasteiger partial charge in [0, 0.05) is 38.3 Å². The van der Waals surface area contributed by atoms with Gasteiger partial charge in [0.25, 0.3) is 5.91 Å². The standard InChI is InChI=1S/C26H32N2O4/c1-20-8-5-6-12-24(20)26(30)27-13-15-32-23(18-27)19-28(17-22-11-7-14-31-22)25(29)16-21-9-3-2-4-10-21/h2-6,8-10,12,22-23H,7,11,13-19H2,1H3. The van der Waals surface area contributed by atoms with E-state index < -0.39 is 0 Å². The van der Waals surface area contributed by atoms with E-state index >= 15 is 0 Å². The minimum Gasteiger partial charge on any atom is -0.376 e. The predicted octanol–water partition coefficient (Wildman–Crippen LogP) is 3.09. The summed E-state index contributed by atoms with van der Waals surface area (Å²) in [6.07, 6.45) is 2.22. The van der Waals surface area contributed by atoms with E-state index in [2.05, 4.69) is 0 Å². The minimum atomic E-state index is -0.210. The molecule has 0 radical (unpaired) electrons. The molecule has 6 nitrogen and oxygen atoms in total. The third-order valence-electron chi connectivity index (χ3n) is 6.22. The van der Waals surface area contributed by atoms with E-state index in [9.17, 15) is 9.59 Å². The first-order valence-corrected chi connectivity index (χ1v) is 11.5. The zero-order chi connectivity index (χ0) is 22.3. The van der Waals surface area contributed by atoms with Gasteiger partial charge in [0.2, 0.25) is 5.91 Å². The van der Waals surface area contributed by atoms with Crippen molar-refractivity contribution in [2.45, 2.75) is 38.4 Å². The summed E-state index contributed by atoms with van der Waals surface area (Å²) in [5.74, 6) is 0.0929. The lowest BCUT2D eigenvalue weighted by atomic mass is 10.1. The molecule has 2 aliphatic rings. The molecule has 0 N–H and O–H groups in total. The molecule has 2 unspecified atom stereocenters. The van der Waals surface area contributed by atoms with Crippen molar-refractivity contribution < 1.29 is 19.1 Å². The van der Waals surface area contributed by atoms with Crippen molar-refractivity contribution in [2.24, 2.45) is 0 Å². The van der Waals surface area contributed by atoms with Crippen molar-refractivity contribution in [3.63, 3.8) is 0 Å². The lowest BCUT2D eigenvalue weighted by molar-refractivity contribution is -0.135. The molecule has 2 aromatic carbocycles. The van der Waals surface area contributed by atoms with Crippen LogP contribution in [-0.4, -0.2) is 73.2 Å². The number of hydrogen-bond donors (Lipinski definition) is 0. The van der Waals surface area contributed by atoms with E-state index in [0.29, 0.717) is 39.2 Å². The SMILES string of the molecule is Cc1ccccc1C(=O)N1CCOC(CN(CC2CCCO2)C(=O)Cc2ccccc2)C1. The monoisotopic (exact) mass is 436 g/mol. The summed E-state index contributed by atoms with van der Waals surface area (Å²) < 4.78 is 11.8. The summed E-state index contributed by atoms with van der Waals surface area (Å²) in [4.78, 5) is 30.0. The maximum atomic E-state index is 13.2. The van der Waals surface area contributed by atoms with Crippen LogP contribution in [0.1, 0.15) is 34.3 Å². The molecular weight excluding hydrogens is 404 g/mol. The molecule has 2 aromatic rings. The van der Waals surface area contributed by atoms with Crippen LogP contribution in [-0.2, 0) is 20.7 Å². The average Bonchev–Trinajstić information content (AvgIpc) is 3.33. The molecule has 2 aliphatic heterocycles. The van der Waals surface area contributed by atoms with Crippen molar-refractivity contribution in [1.82, 2.24) is 9.80 Å². The number of morpholine rings is 1. The molecule has 4 rings (SSSR count). The zero-order valence-corrected chi connectivity index (χ0v) is 18.7. The second-order valence-electron chi connectivity index (χ2n) is 8.66. The largest absolute Gasteiger partial charge is 0.376 e. The number of carbonyl (C=O) groups is 2. The lowest BCUT2D eigenvalue weighted by Crippen LogP contribution is -2.52. The fraction of sp³-hybridized carbons (Fsp3) is 0.462. The quantitative estimate of drug-likeness (QED) is 0.669. The highest BCUT2D eigenvalue weighted by Gasteiger charge is 2.30. The van der Waals surface area contributed by atoms with Crippen LogP contribution >= 0.6 is 0 Å². The van der Waals surface area contributed by atoms with E-state index in [-0.39, 0.29) is 24.0 Å². The fourth-order valence-electron chi connectivity index (χ4n) is 4.44. The summed E-state index contributed by atoms with van der Waals surface area (Å²) in [5, 5.41) is 0. The first-order chi connectivity index (χ1) is 15.6. The van der Waals surface area contributed by atoms with Crippen LogP contribution in [0.25, 0.3) is 0 Å². The topological polar surface area (TPSA) is 59.1 Å². The van der Waals surface area contributed by atoms with Gasteiger partial charge in [-0.05, 0) is 37.0 Å². The van der Waals surface area contributed by atoms with Gasteiger partial charge in [-0.1, -0.05) is 48.5 Å². The second-order valence-corrected chi connectivity index (χ2v) is 8.66. The van der Waals surface area contributed by atoms with Crippen LogP contribution in [0.2, 0.25) is 0 Å². The van der Waals surface area contributed by atoms with Gasteiger partial charge in [-0.25, -0.2) is 0 Å². The molecule has 2 heterocycles. The van der Waals surface area contributed by atoms with Crippen LogP contribution in [0.3, 0.4) is 0 Å². The number of aryl methyl sites for hydroxylation is 1. The molecule has 32 heavy (non-hydrogen) atoms. The Morgan fingerprint density at radius 1 is 0.969 bits per heavy atom. The van der Waals surface area contributed by atoms with Gasteiger partial charge in [0.15, 0.2) is 0 Å². The third kappa shape index (κ3) is 5.75. The van der Waals surface area contributed by atoms with E-state index in [1.54, 1.807) is 0 Å². The number of nitrogens with zero attached hydrogens (tertiary/aromatic N) is 2. The average molecular weight is 437 g/mol. The molecule has 2 fully saturated rings. The Kier molecular flexibility index (Phi) is 7.55. The first kappa shape index (κ1) is 22.5. The van der Waals surface area contributed by atoms with E-state index in [1.165, 1.54) is 0 Å². The molecule has 0 saturated carbocycles. The van der Waals surface area contributed by atoms with Crippen molar-refractivity contribution in [3.05, 3.63) is 71.3 Å². The molecule has 0 spiro atoms. The van der Waals surface area contributed by atoms with Gasteiger partial charge in [-0.3, -0.25) is 9.59 Å². The first-order valence-electron chi connectivity index (χ1n) is 11.5. The Hall–Kier alpha value is -2.70. The third-order valence-corrected chi connectivity index (χ3v) is 6.22. The maximum Gasteiger partial charge on any atom is 0.254 e. The Bertz CT molecular complexity index is 911. The summed E-state index contributed by atoms with van der Waals surface area (Å²) in [7, 11) is 0. The Morgan fingerprint density at radius 2 is 1.69 bits per heavy atom. The summed E-state index contributed by atoms with van der Waals surface area (Å²) in [6.45, 7) is 5.26. The Morgan fingerprint density at radius 3 is 2.44 bits per heavy atom. The van der Waals surface area contributed by atoms with Crippen LogP contribution in [0.4, 0.5) is 0 Å². The molecule has 170 valence electrons. The second kappa shape index (κ2) is 10.7. The number of carbonyl (C=O) groups excluding carboxylic acids is 2. The molecular formula is C26H32N2O4. The number of rotatable bonds is 7. The fourth-order valence-corrected chi connectivity index (χ4v) is 4.44. The summed E-state index contributed by atoms with van der Waals surface area (Å²) in [5.41, 5.74) is 2.69. The van der Waals surface area contributed by atoms with Gasteiger partial charge in [0.05, 0.1) is 25.2 Å². The van der Waals surface area contributed by atoms with Crippen LogP contribution in [0.5, 0.6) is 0 Å². The summed E-state index contributed by atoms with van der Waals surface area (Å²) >= 11 is 0. The molecule has 2 amide bonds. The normalized spacial score (nSPS) is 20.8. The lowest BCUT2D eigenvalue weighted by Gasteiger charge is -2.36. The number of ether oxygens (including phenoxy) is 2. The molecule has 2 saturated heterocycles. The van der Waals surface area contributed by atoms with E-state index in [4.69, 9.17) is 9.47 Å². The van der Waals surface area contributed by atoms with Crippen LogP contribution in [0.15, 0.2) is 54.6 Å². The molecule has 6 heteroatoms. The van der Waals surface area contributed by atoms with Gasteiger partial charge in [-0.15, -0.1) is 0 Å². The molecule has 0 bridgehead atoms. The maximum absolute atomic E-state index is 13.2. The highest BCUT2D eigenvalue weighted by atomic mass is 16.5. The van der Waals surface area contributed by atoms with Crippen molar-refractivity contribution in [3.8, 4) is 0 Å². The highest BCUT2D eigenvalue weighted by molar-refractivity contribution is 5.95. The summed E-state index contributed by atoms with van der Waals surface area (Å²) in [6, 6.07) is 17.5. The van der Waals surface area contributed by atoms with Gasteiger partial charge in [-0.2, -0.15) is 0 Å². The Labute approximate surface area is 190 Å². The number of hydrogen-bond acceptors (Lipinski definition) is 4. The van der Waals surface area contributed by atoms with E-state index in [1.807, 2.05) is 71.3 Å². The van der Waals surface area contributed by atoms with Crippen molar-refractivity contribution >= 4 is 11.8 Å². The number of benzene rings is 2. The molecule has 0 aromatic heterocycles. The van der Waals surface area contributed by atoms with E-state index in [0.717, 1.165) is 36.1 Å².